The molecule has 0 aromatic carbocycles. The molecule has 0 saturated heterocycles. The minimum atomic E-state index is -0.488. The zero-order chi connectivity index (χ0) is 13.9. The number of hydrogen-bond acceptors (Lipinski definition) is 5. The van der Waals surface area contributed by atoms with Crippen LogP contribution in [-0.4, -0.2) is 52.7 Å². The molecule has 100 valence electrons. The molecule has 0 saturated carbocycles. The molecule has 1 heterocycles. The SMILES string of the molecule is COC(=O)CN(C)C(=O)c1n[nH]c(C(C)(C)C)n1. The summed E-state index contributed by atoms with van der Waals surface area (Å²) < 4.78 is 4.48. The van der Waals surface area contributed by atoms with Crippen LogP contribution in [0.5, 0.6) is 0 Å². The number of aromatic amines is 1. The molecular formula is C11H18N4O3. The van der Waals surface area contributed by atoms with Gasteiger partial charge in [-0.2, -0.15) is 0 Å². The van der Waals surface area contributed by atoms with Gasteiger partial charge in [-0.15, -0.1) is 5.10 Å². The van der Waals surface area contributed by atoms with Crippen molar-refractivity contribution in [3.63, 3.8) is 0 Å². The molecule has 18 heavy (non-hydrogen) atoms. The molecule has 0 bridgehead atoms. The number of nitrogens with one attached hydrogen (secondary N) is 1. The van der Waals surface area contributed by atoms with Gasteiger partial charge in [0.25, 0.3) is 5.91 Å². The van der Waals surface area contributed by atoms with Gasteiger partial charge in [-0.25, -0.2) is 4.98 Å². The Bertz CT molecular complexity index is 447. The Labute approximate surface area is 106 Å². The van der Waals surface area contributed by atoms with Crippen molar-refractivity contribution in [2.75, 3.05) is 20.7 Å². The van der Waals surface area contributed by atoms with E-state index in [1.54, 1.807) is 0 Å². The second kappa shape index (κ2) is 5.16. The molecule has 1 aromatic rings. The molecule has 1 N–H and O–H groups in total. The van der Waals surface area contributed by atoms with Crippen LogP contribution in [0, 0.1) is 0 Å². The Hall–Kier alpha value is -1.92. The summed E-state index contributed by atoms with van der Waals surface area (Å²) in [4.78, 5) is 28.3. The fraction of sp³-hybridized carbons (Fsp3) is 0.636. The maximum atomic E-state index is 11.9. The van der Waals surface area contributed by atoms with E-state index < -0.39 is 11.9 Å². The normalized spacial score (nSPS) is 11.2. The number of aromatic nitrogens is 3. The first-order chi connectivity index (χ1) is 8.25. The number of hydrogen-bond donors (Lipinski definition) is 1. The highest BCUT2D eigenvalue weighted by molar-refractivity contribution is 5.92. The van der Waals surface area contributed by atoms with Gasteiger partial charge < -0.3 is 9.64 Å². The molecule has 7 heteroatoms. The molecular weight excluding hydrogens is 236 g/mol. The first-order valence-corrected chi connectivity index (χ1v) is 5.51. The van der Waals surface area contributed by atoms with E-state index in [2.05, 4.69) is 19.9 Å². The van der Waals surface area contributed by atoms with E-state index in [4.69, 9.17) is 0 Å². The molecule has 0 aliphatic heterocycles. The van der Waals surface area contributed by atoms with E-state index in [9.17, 15) is 9.59 Å². The van der Waals surface area contributed by atoms with Crippen LogP contribution >= 0.6 is 0 Å². The third-order valence-corrected chi connectivity index (χ3v) is 2.33. The summed E-state index contributed by atoms with van der Waals surface area (Å²) in [6, 6.07) is 0. The van der Waals surface area contributed by atoms with Crippen LogP contribution in [0.15, 0.2) is 0 Å². The maximum Gasteiger partial charge on any atom is 0.325 e. The highest BCUT2D eigenvalue weighted by Gasteiger charge is 2.23. The van der Waals surface area contributed by atoms with Crippen molar-refractivity contribution in [3.05, 3.63) is 11.6 Å². The lowest BCUT2D eigenvalue weighted by molar-refractivity contribution is -0.141. The van der Waals surface area contributed by atoms with E-state index in [1.807, 2.05) is 20.8 Å². The van der Waals surface area contributed by atoms with Crippen LogP contribution in [0.1, 0.15) is 37.2 Å². The summed E-state index contributed by atoms with van der Waals surface area (Å²) in [7, 11) is 2.76. The lowest BCUT2D eigenvalue weighted by Gasteiger charge is -2.14. The lowest BCUT2D eigenvalue weighted by Crippen LogP contribution is -2.33. The number of esters is 1. The number of amides is 1. The van der Waals surface area contributed by atoms with Gasteiger partial charge in [0.15, 0.2) is 0 Å². The largest absolute Gasteiger partial charge is 0.468 e. The molecule has 0 radical (unpaired) electrons. The van der Waals surface area contributed by atoms with E-state index in [0.29, 0.717) is 5.82 Å². The molecule has 0 spiro atoms. The maximum absolute atomic E-state index is 11.9. The molecule has 1 amide bonds. The van der Waals surface area contributed by atoms with Gasteiger partial charge in [-0.3, -0.25) is 14.7 Å². The van der Waals surface area contributed by atoms with E-state index >= 15 is 0 Å². The Morgan fingerprint density at radius 2 is 2.00 bits per heavy atom. The van der Waals surface area contributed by atoms with Gasteiger partial charge in [0, 0.05) is 12.5 Å². The zero-order valence-corrected chi connectivity index (χ0v) is 11.3. The van der Waals surface area contributed by atoms with Crippen LogP contribution in [0.25, 0.3) is 0 Å². The number of carbonyl (C=O) groups is 2. The smallest absolute Gasteiger partial charge is 0.325 e. The van der Waals surface area contributed by atoms with Crippen molar-refractivity contribution >= 4 is 11.9 Å². The molecule has 7 nitrogen and oxygen atoms in total. The summed E-state index contributed by atoms with van der Waals surface area (Å²) >= 11 is 0. The Morgan fingerprint density at radius 3 is 2.44 bits per heavy atom. The van der Waals surface area contributed by atoms with Crippen LogP contribution < -0.4 is 0 Å². The van der Waals surface area contributed by atoms with Crippen molar-refractivity contribution in [1.29, 1.82) is 0 Å². The highest BCUT2D eigenvalue weighted by Crippen LogP contribution is 2.17. The first-order valence-electron chi connectivity index (χ1n) is 5.51. The first kappa shape index (κ1) is 14.1. The number of H-pyrrole nitrogens is 1. The third kappa shape index (κ3) is 3.28. The van der Waals surface area contributed by atoms with Gasteiger partial charge in [-0.05, 0) is 0 Å². The average Bonchev–Trinajstić information content (AvgIpc) is 2.76. The topological polar surface area (TPSA) is 88.2 Å². The van der Waals surface area contributed by atoms with Gasteiger partial charge in [-0.1, -0.05) is 20.8 Å². The number of ether oxygens (including phenoxy) is 1. The summed E-state index contributed by atoms with van der Waals surface area (Å²) in [6.45, 7) is 5.74. The Kier molecular flexibility index (Phi) is 4.05. The Balaban J connectivity index is 2.79. The summed E-state index contributed by atoms with van der Waals surface area (Å²) in [5, 5.41) is 6.58. The number of carbonyl (C=O) groups excluding carboxylic acids is 2. The quantitative estimate of drug-likeness (QED) is 0.786. The Morgan fingerprint density at radius 1 is 1.39 bits per heavy atom. The van der Waals surface area contributed by atoms with Crippen molar-refractivity contribution in [2.24, 2.45) is 0 Å². The van der Waals surface area contributed by atoms with Crippen molar-refractivity contribution < 1.29 is 14.3 Å². The van der Waals surface area contributed by atoms with Crippen molar-refractivity contribution in [2.45, 2.75) is 26.2 Å². The predicted octanol–water partition coefficient (Wildman–Crippen LogP) is 0.347. The highest BCUT2D eigenvalue weighted by atomic mass is 16.5. The van der Waals surface area contributed by atoms with Crippen LogP contribution in [-0.2, 0) is 14.9 Å². The molecule has 1 rings (SSSR count). The second-order valence-electron chi connectivity index (χ2n) is 4.99. The second-order valence-corrected chi connectivity index (χ2v) is 4.99. The lowest BCUT2D eigenvalue weighted by atomic mass is 9.96. The van der Waals surface area contributed by atoms with E-state index in [-0.39, 0.29) is 17.8 Å². The molecule has 0 unspecified atom stereocenters. The fourth-order valence-electron chi connectivity index (χ4n) is 1.19. The number of nitrogens with zero attached hydrogens (tertiary/aromatic N) is 3. The summed E-state index contributed by atoms with van der Waals surface area (Å²) in [6.07, 6.45) is 0. The predicted molar refractivity (Wildman–Crippen MR) is 64.1 cm³/mol. The minimum Gasteiger partial charge on any atom is -0.468 e. The number of methoxy groups -OCH3 is 1. The fourth-order valence-corrected chi connectivity index (χ4v) is 1.19. The molecule has 0 aliphatic carbocycles. The number of rotatable bonds is 3. The van der Waals surface area contributed by atoms with Gasteiger partial charge in [0.1, 0.15) is 12.4 Å². The van der Waals surface area contributed by atoms with Crippen molar-refractivity contribution in [1.82, 2.24) is 20.1 Å². The third-order valence-electron chi connectivity index (χ3n) is 2.33. The summed E-state index contributed by atoms with van der Waals surface area (Å²) in [5.41, 5.74) is -0.216. The molecule has 0 atom stereocenters. The average molecular weight is 254 g/mol. The van der Waals surface area contributed by atoms with E-state index in [1.165, 1.54) is 19.1 Å². The van der Waals surface area contributed by atoms with Gasteiger partial charge in [0.2, 0.25) is 5.82 Å². The number of likely N-dealkylation sites (N-methyl/N-ethyl adjacent to an activating group) is 1. The minimum absolute atomic E-state index is 0.0475. The van der Waals surface area contributed by atoms with E-state index in [0.717, 1.165) is 0 Å². The zero-order valence-electron chi connectivity index (χ0n) is 11.3. The summed E-state index contributed by atoms with van der Waals surface area (Å²) in [5.74, 6) is -0.242. The standard InChI is InChI=1S/C11H18N4O3/c1-11(2,3)10-12-8(13-14-10)9(17)15(4)6-7(16)18-5/h6H2,1-5H3,(H,12,13,14). The van der Waals surface area contributed by atoms with Gasteiger partial charge >= 0.3 is 5.97 Å². The molecule has 1 aromatic heterocycles. The van der Waals surface area contributed by atoms with Crippen LogP contribution in [0.2, 0.25) is 0 Å². The van der Waals surface area contributed by atoms with Crippen LogP contribution in [0.4, 0.5) is 0 Å². The molecule has 0 aliphatic rings. The van der Waals surface area contributed by atoms with Crippen LogP contribution in [0.3, 0.4) is 0 Å². The monoisotopic (exact) mass is 254 g/mol. The van der Waals surface area contributed by atoms with Crippen molar-refractivity contribution in [3.8, 4) is 0 Å². The van der Waals surface area contributed by atoms with Gasteiger partial charge in [0.05, 0.1) is 7.11 Å². The molecule has 0 fully saturated rings.